The third kappa shape index (κ3) is 3.29. The fourth-order valence-electron chi connectivity index (χ4n) is 4.58. The van der Waals surface area contributed by atoms with Crippen molar-refractivity contribution in [2.45, 2.75) is 70.8 Å². The van der Waals surface area contributed by atoms with Gasteiger partial charge in [-0.2, -0.15) is 0 Å². The van der Waals surface area contributed by atoms with E-state index in [1.807, 2.05) is 0 Å². The summed E-state index contributed by atoms with van der Waals surface area (Å²) in [5.41, 5.74) is 5.08. The minimum Gasteiger partial charge on any atom is -0.300 e. The first-order valence-corrected chi connectivity index (χ1v) is 8.69. The van der Waals surface area contributed by atoms with E-state index in [-0.39, 0.29) is 12.4 Å². The van der Waals surface area contributed by atoms with Crippen LogP contribution in [0.5, 0.6) is 0 Å². The fourth-order valence-corrected chi connectivity index (χ4v) is 4.58. The molecule has 21 heavy (non-hydrogen) atoms. The first kappa shape index (κ1) is 16.8. The van der Waals surface area contributed by atoms with E-state index < -0.39 is 0 Å². The Morgan fingerprint density at radius 2 is 1.67 bits per heavy atom. The summed E-state index contributed by atoms with van der Waals surface area (Å²) in [5.74, 6) is 0.821. The Balaban J connectivity index is 0.00000161. The predicted octanol–water partition coefficient (Wildman–Crippen LogP) is 4.97. The van der Waals surface area contributed by atoms with E-state index in [9.17, 15) is 0 Å². The third-order valence-corrected chi connectivity index (χ3v) is 5.28. The summed E-state index contributed by atoms with van der Waals surface area (Å²) in [6.45, 7) is 7.22. The maximum absolute atomic E-state index is 2.80. The molecule has 0 aliphatic heterocycles. The van der Waals surface area contributed by atoms with Crippen LogP contribution >= 0.6 is 12.4 Å². The van der Waals surface area contributed by atoms with Crippen molar-refractivity contribution in [3.05, 3.63) is 34.9 Å². The maximum Gasteiger partial charge on any atom is 0.0167 e. The van der Waals surface area contributed by atoms with Gasteiger partial charge < -0.3 is 0 Å². The van der Waals surface area contributed by atoms with E-state index in [0.717, 1.165) is 12.0 Å². The van der Waals surface area contributed by atoms with Crippen molar-refractivity contribution < 1.29 is 0 Å². The minimum absolute atomic E-state index is 0. The number of rotatable bonds is 5. The van der Waals surface area contributed by atoms with Crippen LogP contribution in [0.4, 0.5) is 0 Å². The van der Waals surface area contributed by atoms with Gasteiger partial charge in [0.25, 0.3) is 0 Å². The van der Waals surface area contributed by atoms with Crippen LogP contribution in [0, 0.1) is 0 Å². The van der Waals surface area contributed by atoms with Gasteiger partial charge in [0.15, 0.2) is 0 Å². The van der Waals surface area contributed by atoms with Gasteiger partial charge >= 0.3 is 0 Å². The molecule has 0 saturated carbocycles. The van der Waals surface area contributed by atoms with Gasteiger partial charge in [0.2, 0.25) is 0 Å². The predicted molar refractivity (Wildman–Crippen MR) is 93.6 cm³/mol. The molecular formula is C19H30ClN. The monoisotopic (exact) mass is 307 g/mol. The molecule has 0 heterocycles. The zero-order chi connectivity index (χ0) is 13.9. The van der Waals surface area contributed by atoms with Crippen LogP contribution in [-0.4, -0.2) is 24.0 Å². The van der Waals surface area contributed by atoms with Gasteiger partial charge in [0.05, 0.1) is 0 Å². The van der Waals surface area contributed by atoms with Crippen LogP contribution in [0.25, 0.3) is 0 Å². The summed E-state index contributed by atoms with van der Waals surface area (Å²) < 4.78 is 0. The molecule has 2 aliphatic carbocycles. The molecule has 0 radical (unpaired) electrons. The third-order valence-electron chi connectivity index (χ3n) is 5.28. The van der Waals surface area contributed by atoms with E-state index in [1.54, 1.807) is 16.7 Å². The maximum atomic E-state index is 2.80. The number of nitrogens with zero attached hydrogens (tertiary/aromatic N) is 1. The summed E-state index contributed by atoms with van der Waals surface area (Å²) in [6, 6.07) is 7.87. The molecule has 118 valence electrons. The lowest BCUT2D eigenvalue weighted by molar-refractivity contribution is 0.145. The Morgan fingerprint density at radius 3 is 2.33 bits per heavy atom. The van der Waals surface area contributed by atoms with E-state index >= 15 is 0 Å². The molecule has 2 unspecified atom stereocenters. The van der Waals surface area contributed by atoms with Gasteiger partial charge in [-0.25, -0.2) is 0 Å². The van der Waals surface area contributed by atoms with Gasteiger partial charge in [-0.15, -0.1) is 12.4 Å². The first-order valence-electron chi connectivity index (χ1n) is 8.69. The van der Waals surface area contributed by atoms with Gasteiger partial charge in [0.1, 0.15) is 0 Å². The molecule has 0 N–H and O–H groups in total. The second kappa shape index (κ2) is 7.65. The van der Waals surface area contributed by atoms with Crippen LogP contribution in [0.1, 0.15) is 68.6 Å². The van der Waals surface area contributed by atoms with Crippen molar-refractivity contribution in [1.82, 2.24) is 4.90 Å². The van der Waals surface area contributed by atoms with Crippen molar-refractivity contribution in [2.24, 2.45) is 0 Å². The lowest BCUT2D eigenvalue weighted by atomic mass is 9.70. The molecule has 0 spiro atoms. The fraction of sp³-hybridized carbons (Fsp3) is 0.684. The van der Waals surface area contributed by atoms with Gasteiger partial charge in [-0.1, -0.05) is 32.0 Å². The molecule has 0 amide bonds. The lowest BCUT2D eigenvalue weighted by Crippen LogP contribution is -2.44. The Kier molecular flexibility index (Phi) is 6.13. The van der Waals surface area contributed by atoms with Crippen molar-refractivity contribution in [1.29, 1.82) is 0 Å². The Hall–Kier alpha value is -0.530. The van der Waals surface area contributed by atoms with E-state index in [4.69, 9.17) is 0 Å². The SMILES string of the molecule is CCCN(CCC)C1CCc2cccc3c2C1CCC3.Cl. The summed E-state index contributed by atoms with van der Waals surface area (Å²) in [6.07, 6.45) is 9.38. The quantitative estimate of drug-likeness (QED) is 0.742. The van der Waals surface area contributed by atoms with Crippen LogP contribution in [0.15, 0.2) is 18.2 Å². The minimum atomic E-state index is 0. The summed E-state index contributed by atoms with van der Waals surface area (Å²) in [7, 11) is 0. The molecule has 0 bridgehead atoms. The number of aryl methyl sites for hydroxylation is 2. The first-order chi connectivity index (χ1) is 9.85. The van der Waals surface area contributed by atoms with Gasteiger partial charge in [-0.05, 0) is 74.7 Å². The van der Waals surface area contributed by atoms with Crippen LogP contribution < -0.4 is 0 Å². The number of halogens is 1. The highest BCUT2D eigenvalue weighted by Gasteiger charge is 2.35. The van der Waals surface area contributed by atoms with Crippen LogP contribution in [0.2, 0.25) is 0 Å². The molecule has 2 aliphatic rings. The normalized spacial score (nSPS) is 23.6. The lowest BCUT2D eigenvalue weighted by Gasteiger charge is -2.44. The molecule has 2 atom stereocenters. The standard InChI is InChI=1S/C19H29N.ClH/c1-3-13-20(14-4-2)18-12-11-16-8-5-7-15-9-6-10-17(18)19(15)16;/h5,7-8,17-18H,3-4,6,9-14H2,1-2H3;1H. The molecule has 0 aromatic heterocycles. The molecular weight excluding hydrogens is 278 g/mol. The Morgan fingerprint density at radius 1 is 1.00 bits per heavy atom. The van der Waals surface area contributed by atoms with E-state index in [2.05, 4.69) is 36.9 Å². The molecule has 3 rings (SSSR count). The largest absolute Gasteiger partial charge is 0.300 e. The van der Waals surface area contributed by atoms with Gasteiger partial charge in [-0.3, -0.25) is 4.90 Å². The Bertz CT molecular complexity index is 437. The average Bonchev–Trinajstić information content (AvgIpc) is 2.48. The topological polar surface area (TPSA) is 3.24 Å². The summed E-state index contributed by atoms with van der Waals surface area (Å²) >= 11 is 0. The number of hydrogen-bond acceptors (Lipinski definition) is 1. The van der Waals surface area contributed by atoms with Crippen molar-refractivity contribution >= 4 is 12.4 Å². The van der Waals surface area contributed by atoms with E-state index in [0.29, 0.717) is 0 Å². The van der Waals surface area contributed by atoms with E-state index in [1.165, 1.54) is 58.0 Å². The zero-order valence-electron chi connectivity index (χ0n) is 13.6. The molecule has 2 heteroatoms. The summed E-state index contributed by atoms with van der Waals surface area (Å²) in [5, 5.41) is 0. The molecule has 0 saturated heterocycles. The second-order valence-corrected chi connectivity index (χ2v) is 6.63. The molecule has 0 fully saturated rings. The van der Waals surface area contributed by atoms with Crippen molar-refractivity contribution in [3.63, 3.8) is 0 Å². The smallest absolute Gasteiger partial charge is 0.0167 e. The second-order valence-electron chi connectivity index (χ2n) is 6.63. The molecule has 1 aromatic rings. The highest BCUT2D eigenvalue weighted by Crippen LogP contribution is 2.43. The van der Waals surface area contributed by atoms with Crippen molar-refractivity contribution in [2.75, 3.05) is 13.1 Å². The average molecular weight is 308 g/mol. The van der Waals surface area contributed by atoms with Crippen LogP contribution in [0.3, 0.4) is 0 Å². The highest BCUT2D eigenvalue weighted by atomic mass is 35.5. The number of hydrogen-bond donors (Lipinski definition) is 0. The highest BCUT2D eigenvalue weighted by molar-refractivity contribution is 5.85. The van der Waals surface area contributed by atoms with Crippen molar-refractivity contribution in [3.8, 4) is 0 Å². The Labute approximate surface area is 136 Å². The zero-order valence-corrected chi connectivity index (χ0v) is 14.4. The van der Waals surface area contributed by atoms with Crippen LogP contribution in [-0.2, 0) is 12.8 Å². The number of benzene rings is 1. The molecule has 1 aromatic carbocycles. The van der Waals surface area contributed by atoms with Gasteiger partial charge in [0, 0.05) is 12.0 Å². The summed E-state index contributed by atoms with van der Waals surface area (Å²) in [4.78, 5) is 2.80. The molecule has 1 nitrogen and oxygen atoms in total.